The number of allylic oxidation sites excluding steroid dienone is 2. The summed E-state index contributed by atoms with van der Waals surface area (Å²) in [6.45, 7) is 19.8. The highest BCUT2D eigenvalue weighted by atomic mass is 35.5. The number of halogens is 1. The molecule has 0 amide bonds. The number of carbonyl (C=O) groups excluding carboxylic acids is 1. The standard InChI is InChI=1S/C40H53ClN2O2/c1-24-16-19-40(35(44)45-23-27-12-10-9-11-13-27)21-20-38(7)29(32(40)25(24)2)14-15-31-37(6)22-28-33(42-26(3)43-34(28)41)36(4,5)30(37)17-18-39(31,38)8/h9-14,24-25,30-32H,15-23H2,1-8H3/t24-,25+,30+,31-,32+,37+,38-,39-,40+/m1/s1. The molecule has 5 aliphatic carbocycles. The van der Waals surface area contributed by atoms with Gasteiger partial charge in [-0.1, -0.05) is 102 Å². The number of fused-ring (bicyclic) bond motifs is 8. The molecule has 0 unspecified atom stereocenters. The highest BCUT2D eigenvalue weighted by molar-refractivity contribution is 6.30. The SMILES string of the molecule is Cc1nc(Cl)c2c(n1)C(C)(C)[C@@H]1CC[C@]3(C)[C@H](CC=C4[C@@H]5[C@@H](C)[C@H](C)CC[C@]5(C(=O)OCc5ccccc5)CC[C@]43C)[C@@]1(C)C2. The van der Waals surface area contributed by atoms with Crippen molar-refractivity contribution < 1.29 is 9.53 Å². The predicted octanol–water partition coefficient (Wildman–Crippen LogP) is 9.85. The molecule has 0 aliphatic heterocycles. The third-order valence-electron chi connectivity index (χ3n) is 15.0. The van der Waals surface area contributed by atoms with E-state index in [0.717, 1.165) is 49.9 Å². The van der Waals surface area contributed by atoms with Crippen molar-refractivity contribution in [2.45, 2.75) is 119 Å². The molecule has 0 radical (unpaired) electrons. The first kappa shape index (κ1) is 31.4. The molecule has 1 heterocycles. The molecule has 0 bridgehead atoms. The Bertz CT molecular complexity index is 1550. The minimum atomic E-state index is -0.426. The van der Waals surface area contributed by atoms with Gasteiger partial charge in [-0.15, -0.1) is 0 Å². The Kier molecular flexibility index (Phi) is 7.26. The molecule has 9 atom stereocenters. The summed E-state index contributed by atoms with van der Waals surface area (Å²) in [5, 5.41) is 0.650. The van der Waals surface area contributed by atoms with Crippen molar-refractivity contribution in [3.8, 4) is 0 Å². The van der Waals surface area contributed by atoms with Crippen LogP contribution in [0.3, 0.4) is 0 Å². The molecule has 45 heavy (non-hydrogen) atoms. The molecule has 3 fully saturated rings. The Labute approximate surface area is 276 Å². The van der Waals surface area contributed by atoms with E-state index in [1.54, 1.807) is 5.57 Å². The summed E-state index contributed by atoms with van der Waals surface area (Å²) in [6.07, 6.45) is 11.1. The van der Waals surface area contributed by atoms with Gasteiger partial charge in [-0.2, -0.15) is 0 Å². The Hall–Kier alpha value is -2.20. The van der Waals surface area contributed by atoms with Crippen LogP contribution in [0.2, 0.25) is 5.15 Å². The van der Waals surface area contributed by atoms with Gasteiger partial charge in [-0.25, -0.2) is 9.97 Å². The molecule has 1 aromatic heterocycles. The van der Waals surface area contributed by atoms with Crippen LogP contribution in [0.15, 0.2) is 42.0 Å². The molecule has 0 N–H and O–H groups in total. The largest absolute Gasteiger partial charge is 0.460 e. The molecule has 1 aromatic carbocycles. The number of carbonyl (C=O) groups is 1. The van der Waals surface area contributed by atoms with E-state index < -0.39 is 5.41 Å². The number of hydrogen-bond acceptors (Lipinski definition) is 4. The number of benzene rings is 1. The first-order chi connectivity index (χ1) is 21.2. The second-order valence-electron chi connectivity index (χ2n) is 17.2. The summed E-state index contributed by atoms with van der Waals surface area (Å²) < 4.78 is 6.23. The molecular formula is C40H53ClN2O2. The molecule has 3 saturated carbocycles. The number of ether oxygens (including phenoxy) is 1. The first-order valence-corrected chi connectivity index (χ1v) is 18.0. The van der Waals surface area contributed by atoms with Crippen LogP contribution in [-0.4, -0.2) is 15.9 Å². The minimum Gasteiger partial charge on any atom is -0.460 e. The second kappa shape index (κ2) is 10.4. The van der Waals surface area contributed by atoms with E-state index in [0.29, 0.717) is 35.4 Å². The summed E-state index contributed by atoms with van der Waals surface area (Å²) >= 11 is 6.92. The number of aromatic nitrogens is 2. The maximum atomic E-state index is 14.3. The Balaban J connectivity index is 1.28. The molecule has 7 rings (SSSR count). The van der Waals surface area contributed by atoms with E-state index in [1.165, 1.54) is 24.1 Å². The van der Waals surface area contributed by atoms with Gasteiger partial charge in [0.15, 0.2) is 0 Å². The van der Waals surface area contributed by atoms with Crippen molar-refractivity contribution in [3.63, 3.8) is 0 Å². The molecule has 0 spiro atoms. The van der Waals surface area contributed by atoms with Gasteiger partial charge in [0.2, 0.25) is 0 Å². The highest BCUT2D eigenvalue weighted by Gasteiger charge is 2.69. The third kappa shape index (κ3) is 4.25. The van der Waals surface area contributed by atoms with Gasteiger partial charge in [0.25, 0.3) is 0 Å². The Morgan fingerprint density at radius 2 is 1.69 bits per heavy atom. The van der Waals surface area contributed by atoms with Gasteiger partial charge >= 0.3 is 5.97 Å². The molecule has 4 nitrogen and oxygen atoms in total. The Morgan fingerprint density at radius 1 is 0.956 bits per heavy atom. The molecule has 242 valence electrons. The van der Waals surface area contributed by atoms with E-state index in [2.05, 4.69) is 71.7 Å². The Morgan fingerprint density at radius 3 is 2.42 bits per heavy atom. The molecule has 2 aromatic rings. The van der Waals surface area contributed by atoms with Crippen LogP contribution in [0.25, 0.3) is 0 Å². The molecule has 5 aliphatic rings. The number of rotatable bonds is 3. The average molecular weight is 629 g/mol. The normalized spacial score (nSPS) is 41.4. The van der Waals surface area contributed by atoms with Gasteiger partial charge in [-0.05, 0) is 110 Å². The molecular weight excluding hydrogens is 576 g/mol. The number of esters is 1. The van der Waals surface area contributed by atoms with Gasteiger partial charge < -0.3 is 4.74 Å². The zero-order valence-corrected chi connectivity index (χ0v) is 29.6. The number of aryl methyl sites for hydroxylation is 1. The van der Waals surface area contributed by atoms with Crippen molar-refractivity contribution >= 4 is 17.6 Å². The van der Waals surface area contributed by atoms with Gasteiger partial charge in [0.1, 0.15) is 17.6 Å². The smallest absolute Gasteiger partial charge is 0.313 e. The van der Waals surface area contributed by atoms with E-state index in [1.807, 2.05) is 25.1 Å². The zero-order valence-electron chi connectivity index (χ0n) is 28.8. The van der Waals surface area contributed by atoms with E-state index in [4.69, 9.17) is 21.3 Å². The van der Waals surface area contributed by atoms with Crippen LogP contribution < -0.4 is 0 Å². The van der Waals surface area contributed by atoms with Crippen LogP contribution in [0.5, 0.6) is 0 Å². The van der Waals surface area contributed by atoms with Gasteiger partial charge in [0, 0.05) is 11.0 Å². The minimum absolute atomic E-state index is 0.0385. The van der Waals surface area contributed by atoms with Crippen molar-refractivity contribution in [3.05, 3.63) is 69.8 Å². The zero-order chi connectivity index (χ0) is 32.2. The second-order valence-corrected chi connectivity index (χ2v) is 17.5. The van der Waals surface area contributed by atoms with Crippen LogP contribution >= 0.6 is 11.6 Å². The first-order valence-electron chi connectivity index (χ1n) is 17.6. The van der Waals surface area contributed by atoms with Crippen molar-refractivity contribution in [1.82, 2.24) is 9.97 Å². The van der Waals surface area contributed by atoms with E-state index in [9.17, 15) is 4.79 Å². The third-order valence-corrected chi connectivity index (χ3v) is 15.3. The number of nitrogens with zero attached hydrogens (tertiary/aromatic N) is 2. The monoisotopic (exact) mass is 628 g/mol. The van der Waals surface area contributed by atoms with E-state index in [-0.39, 0.29) is 33.5 Å². The van der Waals surface area contributed by atoms with Crippen LogP contribution in [0.1, 0.15) is 116 Å². The maximum absolute atomic E-state index is 14.3. The van der Waals surface area contributed by atoms with E-state index >= 15 is 0 Å². The van der Waals surface area contributed by atoms with Crippen molar-refractivity contribution in [2.75, 3.05) is 0 Å². The van der Waals surface area contributed by atoms with Crippen LogP contribution in [-0.2, 0) is 28.0 Å². The fourth-order valence-electron chi connectivity index (χ4n) is 12.3. The summed E-state index contributed by atoms with van der Waals surface area (Å²) in [6, 6.07) is 10.2. The topological polar surface area (TPSA) is 52.1 Å². The van der Waals surface area contributed by atoms with Gasteiger partial charge in [0.05, 0.1) is 11.1 Å². The maximum Gasteiger partial charge on any atom is 0.313 e. The highest BCUT2D eigenvalue weighted by Crippen LogP contribution is 2.75. The average Bonchev–Trinajstić information content (AvgIpc) is 2.99. The summed E-state index contributed by atoms with van der Waals surface area (Å²) in [5.74, 6) is 3.14. The lowest BCUT2D eigenvalue weighted by Gasteiger charge is -2.71. The quantitative estimate of drug-likeness (QED) is 0.193. The lowest BCUT2D eigenvalue weighted by Crippen LogP contribution is -2.65. The van der Waals surface area contributed by atoms with Crippen LogP contribution in [0, 0.1) is 58.2 Å². The predicted molar refractivity (Wildman–Crippen MR) is 181 cm³/mol. The lowest BCUT2D eigenvalue weighted by atomic mass is 9.33. The molecule has 5 heteroatoms. The summed E-state index contributed by atoms with van der Waals surface area (Å²) in [7, 11) is 0. The lowest BCUT2D eigenvalue weighted by molar-refractivity contribution is -0.184. The van der Waals surface area contributed by atoms with Gasteiger partial charge in [-0.3, -0.25) is 4.79 Å². The summed E-state index contributed by atoms with van der Waals surface area (Å²) in [5.41, 5.74) is 4.76. The fourth-order valence-corrected chi connectivity index (χ4v) is 12.6. The fraction of sp³-hybridized carbons (Fsp3) is 0.675. The number of hydrogen-bond donors (Lipinski definition) is 0. The summed E-state index contributed by atoms with van der Waals surface area (Å²) in [4.78, 5) is 24.0. The van der Waals surface area contributed by atoms with Crippen molar-refractivity contribution in [1.29, 1.82) is 0 Å². The molecule has 0 saturated heterocycles. The van der Waals surface area contributed by atoms with Crippen LogP contribution in [0.4, 0.5) is 0 Å². The van der Waals surface area contributed by atoms with Crippen molar-refractivity contribution in [2.24, 2.45) is 51.2 Å².